The minimum atomic E-state index is 0.00868. The van der Waals surface area contributed by atoms with Crippen molar-refractivity contribution in [1.29, 1.82) is 0 Å². The first-order chi connectivity index (χ1) is 22.2. The van der Waals surface area contributed by atoms with E-state index in [-0.39, 0.29) is 5.78 Å². The summed E-state index contributed by atoms with van der Waals surface area (Å²) in [6, 6.07) is 24.2. The predicted molar refractivity (Wildman–Crippen MR) is 217 cm³/mol. The van der Waals surface area contributed by atoms with Crippen LogP contribution in [-0.4, -0.2) is 27.3 Å². The minimum Gasteiger partial charge on any atom is -0.499 e. The Balaban J connectivity index is 0.000000177. The van der Waals surface area contributed by atoms with Crippen LogP contribution in [0.5, 0.6) is 0 Å². The van der Waals surface area contributed by atoms with Crippen LogP contribution >= 0.6 is 82.0 Å². The van der Waals surface area contributed by atoms with Crippen molar-refractivity contribution in [3.8, 4) is 0 Å². The number of Topliss-reactive ketones (excluding diaryl/α,β-unsaturated/α-hetero) is 1. The number of benzene rings is 3. The van der Waals surface area contributed by atoms with E-state index >= 15 is 0 Å². The summed E-state index contributed by atoms with van der Waals surface area (Å²) in [7, 11) is 0. The van der Waals surface area contributed by atoms with E-state index in [1.54, 1.807) is 6.92 Å². The number of allylic oxidation sites excluding steroid dienone is 1. The van der Waals surface area contributed by atoms with Crippen LogP contribution < -0.4 is 0 Å². The van der Waals surface area contributed by atoms with E-state index in [0.29, 0.717) is 10.8 Å². The normalized spacial score (nSPS) is 10.3. The summed E-state index contributed by atoms with van der Waals surface area (Å²) in [5.74, 6) is 0.798. The van der Waals surface area contributed by atoms with E-state index in [9.17, 15) is 4.79 Å². The topological polar surface area (TPSA) is 65.0 Å². The van der Waals surface area contributed by atoms with E-state index < -0.39 is 0 Å². The maximum absolute atomic E-state index is 11.3. The summed E-state index contributed by atoms with van der Waals surface area (Å²) in [5, 5.41) is 3.94. The van der Waals surface area contributed by atoms with E-state index in [2.05, 4.69) is 111 Å². The SMILES string of the molecule is C=C(C)OCC.CC(=O)c1nc2cc(Br)ccc2cc1C.Cc1cc2ccc(Br)cc2nc1Cl.Cc1cc2ccc(Br)cc2nc1I. The number of ketones is 1. The van der Waals surface area contributed by atoms with Crippen LogP contribution in [0.25, 0.3) is 32.7 Å². The smallest absolute Gasteiger partial charge is 0.178 e. The number of carbonyl (C=O) groups excluding carboxylic acids is 1. The highest BCUT2D eigenvalue weighted by Gasteiger charge is 2.08. The molecular weight excluding hydrogens is 920 g/mol. The van der Waals surface area contributed by atoms with Crippen molar-refractivity contribution in [2.45, 2.75) is 41.5 Å². The molecule has 0 fully saturated rings. The van der Waals surface area contributed by atoms with Crippen molar-refractivity contribution >= 4 is 120 Å². The van der Waals surface area contributed by atoms with E-state index in [1.165, 1.54) is 10.9 Å². The Hall–Kier alpha value is -2.44. The maximum Gasteiger partial charge on any atom is 0.178 e. The number of hydrogen-bond donors (Lipinski definition) is 0. The maximum atomic E-state index is 11.3. The Morgan fingerprint density at radius 3 is 1.57 bits per heavy atom. The van der Waals surface area contributed by atoms with Crippen LogP contribution in [0.15, 0.2) is 98.6 Å². The van der Waals surface area contributed by atoms with Crippen LogP contribution in [0.1, 0.15) is 48.0 Å². The summed E-state index contributed by atoms with van der Waals surface area (Å²) >= 11 is 18.4. The van der Waals surface area contributed by atoms with Gasteiger partial charge in [0.2, 0.25) is 0 Å². The number of hydrogen-bond acceptors (Lipinski definition) is 5. The van der Waals surface area contributed by atoms with Gasteiger partial charge in [0.1, 0.15) is 14.5 Å². The molecule has 244 valence electrons. The third kappa shape index (κ3) is 11.9. The van der Waals surface area contributed by atoms with Crippen LogP contribution in [0.3, 0.4) is 0 Å². The molecular formula is C37H34Br3ClIN3O2. The van der Waals surface area contributed by atoms with Gasteiger partial charge in [0.25, 0.3) is 0 Å². The Morgan fingerprint density at radius 2 is 1.15 bits per heavy atom. The number of rotatable bonds is 3. The molecule has 10 heteroatoms. The summed E-state index contributed by atoms with van der Waals surface area (Å²) in [4.78, 5) is 24.4. The highest BCUT2D eigenvalue weighted by atomic mass is 127. The molecule has 6 aromatic rings. The van der Waals surface area contributed by atoms with Crippen LogP contribution in [0, 0.1) is 24.5 Å². The summed E-state index contributed by atoms with van der Waals surface area (Å²) in [5.41, 5.74) is 6.54. The first-order valence-electron chi connectivity index (χ1n) is 14.5. The lowest BCUT2D eigenvalue weighted by Crippen LogP contribution is -2.00. The molecule has 0 aliphatic heterocycles. The number of carbonyl (C=O) groups is 1. The van der Waals surface area contributed by atoms with Crippen molar-refractivity contribution in [3.05, 3.63) is 130 Å². The molecule has 3 heterocycles. The molecule has 6 rings (SSSR count). The quantitative estimate of drug-likeness (QED) is 0.0765. The van der Waals surface area contributed by atoms with Gasteiger partial charge in [0.15, 0.2) is 5.78 Å². The second kappa shape index (κ2) is 18.4. The van der Waals surface area contributed by atoms with E-state index in [4.69, 9.17) is 16.3 Å². The summed E-state index contributed by atoms with van der Waals surface area (Å²) < 4.78 is 8.99. The Kier molecular flexibility index (Phi) is 15.2. The minimum absolute atomic E-state index is 0.00868. The molecule has 3 aromatic carbocycles. The lowest BCUT2D eigenvalue weighted by atomic mass is 10.1. The van der Waals surface area contributed by atoms with Crippen LogP contribution in [-0.2, 0) is 4.74 Å². The van der Waals surface area contributed by atoms with Crippen LogP contribution in [0.2, 0.25) is 5.15 Å². The fourth-order valence-corrected chi connectivity index (χ4v) is 5.90. The largest absolute Gasteiger partial charge is 0.499 e. The van der Waals surface area contributed by atoms with Gasteiger partial charge in [0.05, 0.1) is 28.9 Å². The molecule has 5 nitrogen and oxygen atoms in total. The fourth-order valence-electron chi connectivity index (χ4n) is 4.29. The number of pyridine rings is 3. The van der Waals surface area contributed by atoms with Crippen molar-refractivity contribution < 1.29 is 9.53 Å². The van der Waals surface area contributed by atoms with E-state index in [0.717, 1.165) is 67.9 Å². The zero-order valence-corrected chi connectivity index (χ0v) is 34.6. The van der Waals surface area contributed by atoms with Gasteiger partial charge in [-0.3, -0.25) is 4.79 Å². The zero-order valence-electron chi connectivity index (χ0n) is 26.9. The van der Waals surface area contributed by atoms with Gasteiger partial charge in [-0.1, -0.05) is 84.2 Å². The Labute approximate surface area is 320 Å². The molecule has 0 saturated carbocycles. The number of aromatic nitrogens is 3. The first kappa shape index (κ1) is 39.0. The lowest BCUT2D eigenvalue weighted by molar-refractivity contribution is 0.101. The zero-order chi connectivity index (χ0) is 34.8. The van der Waals surface area contributed by atoms with Crippen LogP contribution in [0.4, 0.5) is 0 Å². The molecule has 0 unspecified atom stereocenters. The average Bonchev–Trinajstić information content (AvgIpc) is 2.99. The second-order valence-electron chi connectivity index (χ2n) is 10.5. The molecule has 0 spiro atoms. The fraction of sp³-hybridized carbons (Fsp3) is 0.189. The summed E-state index contributed by atoms with van der Waals surface area (Å²) in [6.07, 6.45) is 0. The molecule has 0 radical (unpaired) electrons. The van der Waals surface area contributed by atoms with Gasteiger partial charge in [-0.2, -0.15) is 0 Å². The summed E-state index contributed by atoms with van der Waals surface area (Å²) in [6.45, 7) is 15.5. The van der Waals surface area contributed by atoms with Gasteiger partial charge in [-0.25, -0.2) is 15.0 Å². The number of aryl methyl sites for hydroxylation is 3. The molecule has 0 amide bonds. The predicted octanol–water partition coefficient (Wildman–Crippen LogP) is 12.9. The Morgan fingerprint density at radius 1 is 0.723 bits per heavy atom. The third-order valence-corrected chi connectivity index (χ3v) is 9.47. The van der Waals surface area contributed by atoms with Crippen molar-refractivity contribution in [2.24, 2.45) is 0 Å². The second-order valence-corrected chi connectivity index (χ2v) is 14.7. The molecule has 0 atom stereocenters. The molecule has 0 aliphatic rings. The number of halogens is 5. The van der Waals surface area contributed by atoms with Gasteiger partial charge in [0, 0.05) is 36.5 Å². The molecule has 0 aliphatic carbocycles. The van der Waals surface area contributed by atoms with Crippen molar-refractivity contribution in [1.82, 2.24) is 15.0 Å². The number of nitrogens with zero attached hydrogens (tertiary/aromatic N) is 3. The number of ether oxygens (including phenoxy) is 1. The third-order valence-electron chi connectivity index (χ3n) is 6.51. The monoisotopic (exact) mass is 951 g/mol. The van der Waals surface area contributed by atoms with Crippen molar-refractivity contribution in [3.63, 3.8) is 0 Å². The molecule has 47 heavy (non-hydrogen) atoms. The highest BCUT2D eigenvalue weighted by Crippen LogP contribution is 2.24. The molecule has 0 saturated heterocycles. The molecule has 0 bridgehead atoms. The van der Waals surface area contributed by atoms with Gasteiger partial charge >= 0.3 is 0 Å². The first-order valence-corrected chi connectivity index (χ1v) is 18.3. The lowest BCUT2D eigenvalue weighted by Gasteiger charge is -2.04. The van der Waals surface area contributed by atoms with Crippen molar-refractivity contribution in [2.75, 3.05) is 6.61 Å². The molecule has 3 aromatic heterocycles. The van der Waals surface area contributed by atoms with E-state index in [1.807, 2.05) is 88.4 Å². The standard InChI is InChI=1S/C12H10BrNO.C10H7BrClN.C10H7BrIN.C5H10O/c1-7-5-9-3-4-10(13)6-11(9)14-12(7)8(2)15;2*1-6-4-7-2-3-8(11)5-9(7)13-10(6)12;1-4-6-5(2)3/h3-6H,1-2H3;2*2-5H,1H3;2,4H2,1,3H3. The highest BCUT2D eigenvalue weighted by molar-refractivity contribution is 14.1. The molecule has 0 N–H and O–H groups in total. The van der Waals surface area contributed by atoms with Gasteiger partial charge in [-0.15, -0.1) is 0 Å². The Bertz CT molecular complexity index is 1980. The van der Waals surface area contributed by atoms with Gasteiger partial charge < -0.3 is 4.74 Å². The average molecular weight is 955 g/mol. The number of fused-ring (bicyclic) bond motifs is 3. The van der Waals surface area contributed by atoms with Gasteiger partial charge in [-0.05, 0) is 128 Å².